The van der Waals surface area contributed by atoms with Crippen molar-refractivity contribution in [3.63, 3.8) is 0 Å². The van der Waals surface area contributed by atoms with Gasteiger partial charge in [-0.25, -0.2) is 27.8 Å². The Labute approximate surface area is 191 Å². The van der Waals surface area contributed by atoms with E-state index < -0.39 is 11.7 Å². The van der Waals surface area contributed by atoms with E-state index in [4.69, 9.17) is 5.73 Å². The third-order valence-electron chi connectivity index (χ3n) is 5.78. The molecule has 4 aromatic rings. The maximum atomic E-state index is 14.8. The highest BCUT2D eigenvalue weighted by atomic mass is 19.3. The second-order valence-corrected chi connectivity index (χ2v) is 8.19. The number of benzene rings is 1. The Morgan fingerprint density at radius 1 is 1.24 bits per heavy atom. The Morgan fingerprint density at radius 3 is 2.76 bits per heavy atom. The third-order valence-corrected chi connectivity index (χ3v) is 5.78. The monoisotopic (exact) mass is 465 g/mol. The molecular formula is C22H18F3N9. The molecule has 0 bridgehead atoms. The largest absolute Gasteiger partial charge is 0.381 e. The van der Waals surface area contributed by atoms with E-state index in [9.17, 15) is 18.4 Å². The summed E-state index contributed by atoms with van der Waals surface area (Å²) in [6, 6.07) is 8.55. The van der Waals surface area contributed by atoms with Gasteiger partial charge in [0.05, 0.1) is 36.1 Å². The molecule has 0 spiro atoms. The molecule has 3 aromatic heterocycles. The van der Waals surface area contributed by atoms with Crippen LogP contribution >= 0.6 is 0 Å². The highest BCUT2D eigenvalue weighted by Gasteiger charge is 2.46. The molecule has 172 valence electrons. The van der Waals surface area contributed by atoms with Gasteiger partial charge in [-0.05, 0) is 24.6 Å². The van der Waals surface area contributed by atoms with Crippen molar-refractivity contribution in [1.29, 1.82) is 5.26 Å². The van der Waals surface area contributed by atoms with Crippen molar-refractivity contribution in [2.24, 2.45) is 0 Å². The third kappa shape index (κ3) is 3.85. The van der Waals surface area contributed by atoms with Crippen LogP contribution in [0.3, 0.4) is 0 Å². The van der Waals surface area contributed by atoms with E-state index in [-0.39, 0.29) is 48.5 Å². The molecule has 0 atom stereocenters. The van der Waals surface area contributed by atoms with Crippen molar-refractivity contribution in [3.05, 3.63) is 59.3 Å². The van der Waals surface area contributed by atoms with Gasteiger partial charge in [-0.3, -0.25) is 4.68 Å². The molecule has 9 nitrogen and oxygen atoms in total. The molecular weight excluding hydrogens is 447 g/mol. The summed E-state index contributed by atoms with van der Waals surface area (Å²) in [7, 11) is 0. The predicted octanol–water partition coefficient (Wildman–Crippen LogP) is 3.52. The minimum absolute atomic E-state index is 0.127. The van der Waals surface area contributed by atoms with E-state index in [0.29, 0.717) is 22.4 Å². The van der Waals surface area contributed by atoms with Crippen LogP contribution in [0.4, 0.5) is 19.0 Å². The molecule has 1 aliphatic rings. The summed E-state index contributed by atoms with van der Waals surface area (Å²) in [6.07, 6.45) is 2.69. The van der Waals surface area contributed by atoms with Gasteiger partial charge in [0, 0.05) is 24.6 Å². The molecule has 2 N–H and O–H groups in total. The highest BCUT2D eigenvalue weighted by molar-refractivity contribution is 5.69. The number of nitrogen functional groups attached to an aromatic ring is 1. The summed E-state index contributed by atoms with van der Waals surface area (Å²) in [5.41, 5.74) is 8.05. The number of halogens is 3. The van der Waals surface area contributed by atoms with Gasteiger partial charge in [-0.2, -0.15) is 10.4 Å². The maximum Gasteiger partial charge on any atom is 0.252 e. The average Bonchev–Trinajstić information content (AvgIpc) is 3.44. The molecule has 1 aromatic carbocycles. The van der Waals surface area contributed by atoms with Crippen LogP contribution in [0.25, 0.3) is 22.8 Å². The van der Waals surface area contributed by atoms with Crippen LogP contribution in [0.5, 0.6) is 0 Å². The topological polar surface area (TPSA) is 124 Å². The Bertz CT molecular complexity index is 1430. The molecule has 0 saturated heterocycles. The SMILES string of the molecule is Cc1c(C#N)cccc1-c1nc(N)c(F)c(-c2cn(Cc3ccn(C4CC(F)(F)C4)n3)nn2)n1. The lowest BCUT2D eigenvalue weighted by atomic mass is 9.88. The van der Waals surface area contributed by atoms with E-state index in [1.54, 1.807) is 37.4 Å². The number of alkyl halides is 2. The van der Waals surface area contributed by atoms with Crippen LogP contribution in [0.2, 0.25) is 0 Å². The highest BCUT2D eigenvalue weighted by Crippen LogP contribution is 2.45. The van der Waals surface area contributed by atoms with Gasteiger partial charge in [-0.1, -0.05) is 17.3 Å². The van der Waals surface area contributed by atoms with E-state index in [1.165, 1.54) is 15.6 Å². The van der Waals surface area contributed by atoms with Crippen LogP contribution < -0.4 is 5.73 Å². The van der Waals surface area contributed by atoms with E-state index >= 15 is 0 Å². The molecule has 1 saturated carbocycles. The molecule has 0 radical (unpaired) electrons. The van der Waals surface area contributed by atoms with Crippen molar-refractivity contribution in [1.82, 2.24) is 34.7 Å². The van der Waals surface area contributed by atoms with E-state index in [0.717, 1.165) is 0 Å². The van der Waals surface area contributed by atoms with Gasteiger partial charge in [0.2, 0.25) is 0 Å². The molecule has 12 heteroatoms. The minimum atomic E-state index is -2.63. The number of aromatic nitrogens is 7. The van der Waals surface area contributed by atoms with Crippen LogP contribution in [0.15, 0.2) is 36.7 Å². The number of rotatable bonds is 5. The molecule has 0 aliphatic heterocycles. The zero-order valence-corrected chi connectivity index (χ0v) is 18.0. The summed E-state index contributed by atoms with van der Waals surface area (Å²) in [6.45, 7) is 1.96. The zero-order chi connectivity index (χ0) is 24.0. The number of nitriles is 1. The first kappa shape index (κ1) is 21.6. The summed E-state index contributed by atoms with van der Waals surface area (Å²) in [5.74, 6) is -3.66. The van der Waals surface area contributed by atoms with Crippen LogP contribution in [-0.2, 0) is 6.54 Å². The number of anilines is 1. The predicted molar refractivity (Wildman–Crippen MR) is 115 cm³/mol. The summed E-state index contributed by atoms with van der Waals surface area (Å²) in [5, 5.41) is 21.6. The number of hydrogen-bond acceptors (Lipinski definition) is 7. The minimum Gasteiger partial charge on any atom is -0.381 e. The Balaban J connectivity index is 1.41. The van der Waals surface area contributed by atoms with Crippen molar-refractivity contribution < 1.29 is 13.2 Å². The van der Waals surface area contributed by atoms with E-state index in [1.807, 2.05) is 0 Å². The number of nitrogens with zero attached hydrogens (tertiary/aromatic N) is 8. The van der Waals surface area contributed by atoms with Crippen LogP contribution in [-0.4, -0.2) is 40.7 Å². The lowest BCUT2D eigenvalue weighted by molar-refractivity contribution is -0.107. The molecule has 1 fully saturated rings. The summed E-state index contributed by atoms with van der Waals surface area (Å²) >= 11 is 0. The Morgan fingerprint density at radius 2 is 2.03 bits per heavy atom. The maximum absolute atomic E-state index is 14.8. The molecule has 0 unspecified atom stereocenters. The van der Waals surface area contributed by atoms with Crippen molar-refractivity contribution >= 4 is 5.82 Å². The van der Waals surface area contributed by atoms with Gasteiger partial charge in [0.15, 0.2) is 17.5 Å². The number of hydrogen-bond donors (Lipinski definition) is 1. The van der Waals surface area contributed by atoms with Gasteiger partial charge < -0.3 is 5.73 Å². The second kappa shape index (κ2) is 7.95. The fourth-order valence-corrected chi connectivity index (χ4v) is 3.89. The zero-order valence-electron chi connectivity index (χ0n) is 18.0. The Hall–Kier alpha value is -4.27. The van der Waals surface area contributed by atoms with Crippen molar-refractivity contribution in [2.75, 3.05) is 5.73 Å². The lowest BCUT2D eigenvalue weighted by Crippen LogP contribution is -2.37. The lowest BCUT2D eigenvalue weighted by Gasteiger charge is -2.34. The first-order valence-corrected chi connectivity index (χ1v) is 10.4. The summed E-state index contributed by atoms with van der Waals surface area (Å²) < 4.78 is 44.0. The fraction of sp³-hybridized carbons (Fsp3) is 0.273. The van der Waals surface area contributed by atoms with Gasteiger partial charge in [0.25, 0.3) is 5.92 Å². The molecule has 3 heterocycles. The smallest absolute Gasteiger partial charge is 0.252 e. The van der Waals surface area contributed by atoms with Gasteiger partial charge >= 0.3 is 0 Å². The molecule has 1 aliphatic carbocycles. The molecule has 0 amide bonds. The fourth-order valence-electron chi connectivity index (χ4n) is 3.89. The van der Waals surface area contributed by atoms with E-state index in [2.05, 4.69) is 31.4 Å². The number of nitrogens with two attached hydrogens (primary N) is 1. The second-order valence-electron chi connectivity index (χ2n) is 8.19. The van der Waals surface area contributed by atoms with Crippen molar-refractivity contribution in [3.8, 4) is 28.8 Å². The first-order valence-electron chi connectivity index (χ1n) is 10.4. The van der Waals surface area contributed by atoms with Crippen molar-refractivity contribution in [2.45, 2.75) is 38.3 Å². The molecule has 5 rings (SSSR count). The normalized spacial score (nSPS) is 15.1. The Kier molecular flexibility index (Phi) is 5.04. The van der Waals surface area contributed by atoms with Crippen LogP contribution in [0.1, 0.15) is 35.7 Å². The summed E-state index contributed by atoms with van der Waals surface area (Å²) in [4.78, 5) is 8.35. The standard InChI is InChI=1S/C22H18F3N9/c1-12-13(9-26)3-2-4-16(12)21-28-19(18(23)20(27)29-21)17-11-33(32-30-17)10-14-5-6-34(31-14)15-7-22(24,25)8-15/h2-6,11,15H,7-8,10H2,1H3,(H2,27,28,29). The average molecular weight is 465 g/mol. The quantitative estimate of drug-likeness (QED) is 0.478. The van der Waals surface area contributed by atoms with Gasteiger partial charge in [-0.15, -0.1) is 5.10 Å². The molecule has 34 heavy (non-hydrogen) atoms. The first-order chi connectivity index (χ1) is 16.2. The van der Waals surface area contributed by atoms with Crippen LogP contribution in [0, 0.1) is 24.1 Å². The van der Waals surface area contributed by atoms with Gasteiger partial charge in [0.1, 0.15) is 11.4 Å².